The molecule has 0 spiro atoms. The molecule has 0 saturated carbocycles. The van der Waals surface area contributed by atoms with Crippen LogP contribution in [0.3, 0.4) is 0 Å². The molecule has 2 aromatic heterocycles. The first-order valence-electron chi connectivity index (χ1n) is 5.99. The Morgan fingerprint density at radius 2 is 1.84 bits per heavy atom. The van der Waals surface area contributed by atoms with Gasteiger partial charge in [-0.2, -0.15) is 4.98 Å². The highest BCUT2D eigenvalue weighted by Gasteiger charge is 2.05. The summed E-state index contributed by atoms with van der Waals surface area (Å²) >= 11 is 0. The number of nitrogens with zero attached hydrogens (tertiary/aromatic N) is 3. The maximum Gasteiger partial charge on any atom is 0.222 e. The predicted octanol–water partition coefficient (Wildman–Crippen LogP) is 2.22. The zero-order valence-corrected chi connectivity index (χ0v) is 10.2. The summed E-state index contributed by atoms with van der Waals surface area (Å²) in [6.45, 7) is 0.598. The number of fused-ring (bicyclic) bond motifs is 1. The third kappa shape index (κ3) is 2.44. The van der Waals surface area contributed by atoms with Crippen molar-refractivity contribution in [2.24, 2.45) is 0 Å². The second-order valence-corrected chi connectivity index (χ2v) is 4.12. The van der Waals surface area contributed by atoms with Gasteiger partial charge in [-0.15, -0.1) is 0 Å². The molecule has 19 heavy (non-hydrogen) atoms. The van der Waals surface area contributed by atoms with Gasteiger partial charge in [0.15, 0.2) is 0 Å². The van der Waals surface area contributed by atoms with E-state index < -0.39 is 0 Å². The fourth-order valence-electron chi connectivity index (χ4n) is 1.91. The summed E-state index contributed by atoms with van der Waals surface area (Å²) in [5, 5.41) is 4.20. The SMILES string of the molecule is Nc1nc(NCc2ccccn2)c2ccccc2n1. The molecule has 5 heteroatoms. The molecule has 5 nitrogen and oxygen atoms in total. The van der Waals surface area contributed by atoms with E-state index in [2.05, 4.69) is 20.3 Å². The van der Waals surface area contributed by atoms with Crippen LogP contribution >= 0.6 is 0 Å². The van der Waals surface area contributed by atoms with E-state index in [0.717, 1.165) is 22.4 Å². The average molecular weight is 251 g/mol. The summed E-state index contributed by atoms with van der Waals surface area (Å²) in [7, 11) is 0. The summed E-state index contributed by atoms with van der Waals surface area (Å²) in [5.41, 5.74) is 7.50. The highest BCUT2D eigenvalue weighted by atomic mass is 15.1. The lowest BCUT2D eigenvalue weighted by Gasteiger charge is -2.08. The molecule has 3 rings (SSSR count). The van der Waals surface area contributed by atoms with Gasteiger partial charge in [0.2, 0.25) is 5.95 Å². The van der Waals surface area contributed by atoms with E-state index in [9.17, 15) is 0 Å². The lowest BCUT2D eigenvalue weighted by Crippen LogP contribution is -2.06. The Balaban J connectivity index is 1.92. The van der Waals surface area contributed by atoms with Crippen molar-refractivity contribution in [2.45, 2.75) is 6.54 Å². The summed E-state index contributed by atoms with van der Waals surface area (Å²) in [5.74, 6) is 0.996. The van der Waals surface area contributed by atoms with Crippen LogP contribution in [0.2, 0.25) is 0 Å². The van der Waals surface area contributed by atoms with E-state index in [0.29, 0.717) is 6.54 Å². The summed E-state index contributed by atoms with van der Waals surface area (Å²) < 4.78 is 0. The van der Waals surface area contributed by atoms with Gasteiger partial charge in [0.05, 0.1) is 17.8 Å². The van der Waals surface area contributed by atoms with Crippen molar-refractivity contribution in [3.05, 3.63) is 54.4 Å². The first kappa shape index (κ1) is 11.4. The van der Waals surface area contributed by atoms with Gasteiger partial charge in [0.25, 0.3) is 0 Å². The molecule has 0 atom stereocenters. The highest BCUT2D eigenvalue weighted by molar-refractivity contribution is 5.89. The molecule has 2 heterocycles. The second-order valence-electron chi connectivity index (χ2n) is 4.12. The molecule has 0 saturated heterocycles. The number of rotatable bonds is 3. The molecule has 0 aliphatic carbocycles. The molecular formula is C14H13N5. The van der Waals surface area contributed by atoms with Crippen molar-refractivity contribution in [3.8, 4) is 0 Å². The molecule has 0 unspecified atom stereocenters. The zero-order valence-electron chi connectivity index (χ0n) is 10.2. The largest absolute Gasteiger partial charge is 0.368 e. The van der Waals surface area contributed by atoms with E-state index in [4.69, 9.17) is 5.73 Å². The molecule has 94 valence electrons. The fourth-order valence-corrected chi connectivity index (χ4v) is 1.91. The molecule has 3 aromatic rings. The van der Waals surface area contributed by atoms with E-state index in [1.54, 1.807) is 6.20 Å². The fraction of sp³-hybridized carbons (Fsp3) is 0.0714. The third-order valence-corrected chi connectivity index (χ3v) is 2.78. The van der Waals surface area contributed by atoms with E-state index in [-0.39, 0.29) is 5.95 Å². The normalized spacial score (nSPS) is 10.5. The standard InChI is InChI=1S/C14H13N5/c15-14-18-12-7-2-1-6-11(12)13(19-14)17-9-10-5-3-4-8-16-10/h1-8H,9H2,(H3,15,17,18,19). The smallest absolute Gasteiger partial charge is 0.222 e. The minimum absolute atomic E-state index is 0.266. The second kappa shape index (κ2) is 4.89. The minimum atomic E-state index is 0.266. The van der Waals surface area contributed by atoms with Crippen LogP contribution in [0.1, 0.15) is 5.69 Å². The number of anilines is 2. The molecule has 0 amide bonds. The Morgan fingerprint density at radius 1 is 1.00 bits per heavy atom. The van der Waals surface area contributed by atoms with Crippen molar-refractivity contribution in [1.29, 1.82) is 0 Å². The Labute approximate surface area is 110 Å². The van der Waals surface area contributed by atoms with Crippen molar-refractivity contribution in [1.82, 2.24) is 15.0 Å². The van der Waals surface area contributed by atoms with E-state index >= 15 is 0 Å². The topological polar surface area (TPSA) is 76.7 Å². The summed E-state index contributed by atoms with van der Waals surface area (Å²) in [6.07, 6.45) is 1.77. The predicted molar refractivity (Wildman–Crippen MR) is 75.5 cm³/mol. The molecule has 0 aliphatic heterocycles. The third-order valence-electron chi connectivity index (χ3n) is 2.78. The van der Waals surface area contributed by atoms with Gasteiger partial charge in [-0.05, 0) is 24.3 Å². The number of hydrogen-bond acceptors (Lipinski definition) is 5. The summed E-state index contributed by atoms with van der Waals surface area (Å²) in [6, 6.07) is 13.6. The van der Waals surface area contributed by atoms with Gasteiger partial charge >= 0.3 is 0 Å². The number of para-hydroxylation sites is 1. The number of pyridine rings is 1. The minimum Gasteiger partial charge on any atom is -0.368 e. The van der Waals surface area contributed by atoms with E-state index in [1.807, 2.05) is 42.5 Å². The maximum absolute atomic E-state index is 5.72. The number of nitrogen functional groups attached to an aromatic ring is 1. The average Bonchev–Trinajstić information content (AvgIpc) is 2.45. The van der Waals surface area contributed by atoms with Crippen LogP contribution in [-0.2, 0) is 6.54 Å². The Morgan fingerprint density at radius 3 is 2.68 bits per heavy atom. The monoisotopic (exact) mass is 251 g/mol. The van der Waals surface area contributed by atoms with Gasteiger partial charge in [-0.1, -0.05) is 18.2 Å². The molecular weight excluding hydrogens is 238 g/mol. The van der Waals surface area contributed by atoms with Crippen molar-refractivity contribution in [3.63, 3.8) is 0 Å². The van der Waals surface area contributed by atoms with Crippen LogP contribution in [0, 0.1) is 0 Å². The maximum atomic E-state index is 5.72. The Bertz CT molecular complexity index is 697. The molecule has 0 radical (unpaired) electrons. The number of nitrogens with one attached hydrogen (secondary N) is 1. The van der Waals surface area contributed by atoms with Crippen molar-refractivity contribution < 1.29 is 0 Å². The number of hydrogen-bond donors (Lipinski definition) is 2. The lowest BCUT2D eigenvalue weighted by atomic mass is 10.2. The molecule has 3 N–H and O–H groups in total. The van der Waals surface area contributed by atoms with Crippen LogP contribution in [0.5, 0.6) is 0 Å². The van der Waals surface area contributed by atoms with Crippen molar-refractivity contribution in [2.75, 3.05) is 11.1 Å². The van der Waals surface area contributed by atoms with Gasteiger partial charge in [0.1, 0.15) is 5.82 Å². The van der Waals surface area contributed by atoms with Crippen LogP contribution in [0.15, 0.2) is 48.7 Å². The Hall–Kier alpha value is -2.69. The zero-order chi connectivity index (χ0) is 13.1. The van der Waals surface area contributed by atoms with Crippen LogP contribution in [0.25, 0.3) is 10.9 Å². The van der Waals surface area contributed by atoms with Gasteiger partial charge in [-0.3, -0.25) is 4.98 Å². The number of nitrogens with two attached hydrogens (primary N) is 1. The number of aromatic nitrogens is 3. The first-order chi connectivity index (χ1) is 9.33. The van der Waals surface area contributed by atoms with Crippen LogP contribution in [0.4, 0.5) is 11.8 Å². The molecule has 1 aromatic carbocycles. The lowest BCUT2D eigenvalue weighted by molar-refractivity contribution is 1.03. The van der Waals surface area contributed by atoms with Gasteiger partial charge in [0, 0.05) is 11.6 Å². The van der Waals surface area contributed by atoms with Gasteiger partial charge < -0.3 is 11.1 Å². The first-order valence-corrected chi connectivity index (χ1v) is 5.99. The van der Waals surface area contributed by atoms with E-state index in [1.165, 1.54) is 0 Å². The summed E-state index contributed by atoms with van der Waals surface area (Å²) in [4.78, 5) is 12.7. The molecule has 0 aliphatic rings. The molecule has 0 fully saturated rings. The van der Waals surface area contributed by atoms with Crippen LogP contribution < -0.4 is 11.1 Å². The van der Waals surface area contributed by atoms with Crippen LogP contribution in [-0.4, -0.2) is 15.0 Å². The van der Waals surface area contributed by atoms with Crippen molar-refractivity contribution >= 4 is 22.7 Å². The number of benzene rings is 1. The Kier molecular flexibility index (Phi) is 2.94. The molecule has 0 bridgehead atoms. The van der Waals surface area contributed by atoms with Gasteiger partial charge in [-0.25, -0.2) is 4.98 Å². The quantitative estimate of drug-likeness (QED) is 0.746. The highest BCUT2D eigenvalue weighted by Crippen LogP contribution is 2.20.